The largest absolute Gasteiger partial charge is 0.434 e. The lowest BCUT2D eigenvalue weighted by Crippen LogP contribution is -2.10. The highest BCUT2D eigenvalue weighted by molar-refractivity contribution is 6.33. The third-order valence-corrected chi connectivity index (χ3v) is 1.74. The molecular weight excluding hydrogens is 191 g/mol. The predicted molar refractivity (Wildman–Crippen MR) is 47.2 cm³/mol. The number of hydrogen-bond donors (Lipinski definition) is 0. The lowest BCUT2D eigenvalue weighted by molar-refractivity contribution is -0.141. The highest BCUT2D eigenvalue weighted by atomic mass is 19.4. The van der Waals surface area contributed by atoms with Gasteiger partial charge in [-0.1, -0.05) is 6.92 Å². The van der Waals surface area contributed by atoms with Crippen LogP contribution < -0.4 is 0 Å². The SMILES string of the molecule is [B]C([B])n1cc(C(F)(F)F)nc1CC. The van der Waals surface area contributed by atoms with Crippen molar-refractivity contribution in [3.8, 4) is 0 Å². The standard InChI is InChI=1S/C7H7B2F3N2/c1-2-5-13-4(7(10,11)12)3-14(5)6(8)9/h3,6H,2H2,1H3. The zero-order valence-corrected chi connectivity index (χ0v) is 7.54. The van der Waals surface area contributed by atoms with Gasteiger partial charge in [0.2, 0.25) is 0 Å². The second kappa shape index (κ2) is 3.71. The minimum Gasteiger partial charge on any atom is -0.349 e. The molecule has 0 fully saturated rings. The van der Waals surface area contributed by atoms with E-state index in [0.717, 1.165) is 10.8 Å². The summed E-state index contributed by atoms with van der Waals surface area (Å²) < 4.78 is 37.8. The number of aromatic nitrogens is 2. The maximum Gasteiger partial charge on any atom is 0.434 e. The van der Waals surface area contributed by atoms with Gasteiger partial charge in [0.25, 0.3) is 0 Å². The van der Waals surface area contributed by atoms with Gasteiger partial charge < -0.3 is 4.57 Å². The van der Waals surface area contributed by atoms with Gasteiger partial charge in [-0.3, -0.25) is 0 Å². The van der Waals surface area contributed by atoms with E-state index in [4.69, 9.17) is 15.7 Å². The molecule has 0 spiro atoms. The van der Waals surface area contributed by atoms with Crippen molar-refractivity contribution in [1.82, 2.24) is 9.55 Å². The quantitative estimate of drug-likeness (QED) is 0.653. The van der Waals surface area contributed by atoms with E-state index in [9.17, 15) is 13.2 Å². The van der Waals surface area contributed by atoms with E-state index in [1.807, 2.05) is 0 Å². The van der Waals surface area contributed by atoms with Gasteiger partial charge in [0.15, 0.2) is 5.69 Å². The van der Waals surface area contributed by atoms with Crippen molar-refractivity contribution in [2.75, 3.05) is 0 Å². The Kier molecular flexibility index (Phi) is 2.97. The van der Waals surface area contributed by atoms with Crippen LogP contribution in [-0.4, -0.2) is 25.2 Å². The molecule has 0 atom stereocenters. The maximum atomic E-state index is 12.2. The van der Waals surface area contributed by atoms with Crippen LogP contribution in [0.1, 0.15) is 24.3 Å². The summed E-state index contributed by atoms with van der Waals surface area (Å²) in [6, 6.07) is 0. The van der Waals surface area contributed by atoms with E-state index in [0.29, 0.717) is 6.42 Å². The maximum absolute atomic E-state index is 12.2. The molecule has 1 aromatic rings. The summed E-state index contributed by atoms with van der Waals surface area (Å²) in [7, 11) is 10.6. The van der Waals surface area contributed by atoms with Crippen molar-refractivity contribution in [2.45, 2.75) is 25.4 Å². The average molecular weight is 198 g/mol. The lowest BCUT2D eigenvalue weighted by atomic mass is 9.78. The molecule has 1 aromatic heterocycles. The molecule has 0 aromatic carbocycles. The fourth-order valence-electron chi connectivity index (χ4n) is 1.09. The van der Waals surface area contributed by atoms with Gasteiger partial charge in [-0.15, -0.1) is 0 Å². The smallest absolute Gasteiger partial charge is 0.349 e. The van der Waals surface area contributed by atoms with Gasteiger partial charge in [-0.2, -0.15) is 13.2 Å². The summed E-state index contributed by atoms with van der Waals surface area (Å²) in [6.07, 6.45) is -3.28. The van der Waals surface area contributed by atoms with Crippen molar-refractivity contribution >= 4 is 15.7 Å². The van der Waals surface area contributed by atoms with Crippen LogP contribution in [0, 0.1) is 0 Å². The first kappa shape index (κ1) is 11.2. The monoisotopic (exact) mass is 198 g/mol. The summed E-state index contributed by atoms with van der Waals surface area (Å²) in [4.78, 5) is 3.40. The van der Waals surface area contributed by atoms with Crippen molar-refractivity contribution < 1.29 is 13.2 Å². The Morgan fingerprint density at radius 3 is 2.36 bits per heavy atom. The Bertz CT molecular complexity index is 319. The van der Waals surface area contributed by atoms with Crippen LogP contribution in [0.15, 0.2) is 6.20 Å². The lowest BCUT2D eigenvalue weighted by Gasteiger charge is -2.09. The molecular formula is C7H7B2F3N2. The number of aryl methyl sites for hydroxylation is 1. The minimum absolute atomic E-state index is 0.229. The number of nitrogens with zero attached hydrogens (tertiary/aromatic N) is 2. The van der Waals surface area contributed by atoms with Gasteiger partial charge in [-0.05, 0) is 5.84 Å². The van der Waals surface area contributed by atoms with E-state index in [1.54, 1.807) is 6.92 Å². The van der Waals surface area contributed by atoms with E-state index in [1.165, 1.54) is 0 Å². The molecule has 0 aliphatic carbocycles. The molecule has 1 heterocycles. The number of hydrogen-bond acceptors (Lipinski definition) is 1. The molecule has 0 saturated heterocycles. The van der Waals surface area contributed by atoms with Gasteiger partial charge in [0, 0.05) is 12.6 Å². The molecule has 0 N–H and O–H groups in total. The fraction of sp³-hybridized carbons (Fsp3) is 0.571. The summed E-state index contributed by atoms with van der Waals surface area (Å²) >= 11 is 0. The van der Waals surface area contributed by atoms with Crippen molar-refractivity contribution in [3.63, 3.8) is 0 Å². The molecule has 14 heavy (non-hydrogen) atoms. The number of rotatable bonds is 2. The molecule has 0 amide bonds. The molecule has 0 aliphatic rings. The second-order valence-electron chi connectivity index (χ2n) is 2.79. The molecule has 0 unspecified atom stereocenters. The fourth-order valence-corrected chi connectivity index (χ4v) is 1.09. The molecule has 72 valence electrons. The normalized spacial score (nSPS) is 12.4. The Labute approximate surface area is 82.3 Å². The van der Waals surface area contributed by atoms with Gasteiger partial charge >= 0.3 is 6.18 Å². The first-order chi connectivity index (χ1) is 6.36. The van der Waals surface area contributed by atoms with Crippen LogP contribution >= 0.6 is 0 Å². The van der Waals surface area contributed by atoms with Crippen LogP contribution in [-0.2, 0) is 12.6 Å². The molecule has 7 heteroatoms. The summed E-state index contributed by atoms with van der Waals surface area (Å²) in [5.41, 5.74) is -0.963. The van der Waals surface area contributed by atoms with Crippen LogP contribution in [0.4, 0.5) is 13.2 Å². The molecule has 1 rings (SSSR count). The Morgan fingerprint density at radius 1 is 1.50 bits per heavy atom. The van der Waals surface area contributed by atoms with Crippen molar-refractivity contribution in [2.24, 2.45) is 0 Å². The van der Waals surface area contributed by atoms with E-state index >= 15 is 0 Å². The van der Waals surface area contributed by atoms with Crippen LogP contribution in [0.5, 0.6) is 0 Å². The number of alkyl halides is 3. The number of imidazole rings is 1. The van der Waals surface area contributed by atoms with E-state index < -0.39 is 17.7 Å². The molecule has 2 nitrogen and oxygen atoms in total. The highest BCUT2D eigenvalue weighted by Gasteiger charge is 2.34. The average Bonchev–Trinajstić information content (AvgIpc) is 2.45. The highest BCUT2D eigenvalue weighted by Crippen LogP contribution is 2.28. The summed E-state index contributed by atoms with van der Waals surface area (Å²) in [5.74, 6) is -0.763. The zero-order chi connectivity index (χ0) is 10.9. The third kappa shape index (κ3) is 2.13. The van der Waals surface area contributed by atoms with Gasteiger partial charge in [0.1, 0.15) is 5.82 Å². The minimum atomic E-state index is -4.45. The third-order valence-electron chi connectivity index (χ3n) is 1.74. The van der Waals surface area contributed by atoms with Gasteiger partial charge in [-0.25, -0.2) is 4.98 Å². The predicted octanol–water partition coefficient (Wildman–Crippen LogP) is 1.26. The summed E-state index contributed by atoms with van der Waals surface area (Å²) in [6.45, 7) is 1.68. The Balaban J connectivity index is 3.13. The zero-order valence-electron chi connectivity index (χ0n) is 7.54. The first-order valence-corrected chi connectivity index (χ1v) is 4.02. The van der Waals surface area contributed by atoms with Crippen molar-refractivity contribution in [3.05, 3.63) is 17.7 Å². The van der Waals surface area contributed by atoms with Gasteiger partial charge in [0.05, 0.1) is 15.7 Å². The van der Waals surface area contributed by atoms with Crippen LogP contribution in [0.2, 0.25) is 0 Å². The van der Waals surface area contributed by atoms with Crippen LogP contribution in [0.25, 0.3) is 0 Å². The second-order valence-corrected chi connectivity index (χ2v) is 2.79. The van der Waals surface area contributed by atoms with E-state index in [2.05, 4.69) is 4.98 Å². The van der Waals surface area contributed by atoms with E-state index in [-0.39, 0.29) is 5.82 Å². The molecule has 4 radical (unpaired) electrons. The molecule has 0 aliphatic heterocycles. The van der Waals surface area contributed by atoms with Crippen LogP contribution in [0.3, 0.4) is 0 Å². The number of halogens is 3. The Morgan fingerprint density at radius 2 is 2.07 bits per heavy atom. The first-order valence-electron chi connectivity index (χ1n) is 4.02. The summed E-state index contributed by atoms with van der Waals surface area (Å²) in [5, 5.41) is 0. The Hall–Kier alpha value is -0.870. The van der Waals surface area contributed by atoms with Crippen molar-refractivity contribution in [1.29, 1.82) is 0 Å². The molecule has 0 bridgehead atoms. The molecule has 0 saturated carbocycles. The topological polar surface area (TPSA) is 17.8 Å².